The molecule has 0 radical (unpaired) electrons. The number of rotatable bonds is 4. The van der Waals surface area contributed by atoms with E-state index >= 15 is 0 Å². The summed E-state index contributed by atoms with van der Waals surface area (Å²) in [5, 5.41) is 6.83. The van der Waals surface area contributed by atoms with Crippen LogP contribution >= 0.6 is 34.5 Å². The van der Waals surface area contributed by atoms with Crippen LogP contribution in [0.2, 0.25) is 10.0 Å². The Balaban J connectivity index is 1.53. The van der Waals surface area contributed by atoms with Crippen molar-refractivity contribution in [3.8, 4) is 0 Å². The third kappa shape index (κ3) is 3.78. The number of nitrogens with one attached hydrogen (secondary N) is 2. The number of carbonyl (C=O) groups excluding carboxylic acids is 2. The maximum atomic E-state index is 12.5. The van der Waals surface area contributed by atoms with Gasteiger partial charge in [0.2, 0.25) is 5.91 Å². The Morgan fingerprint density at radius 2 is 1.81 bits per heavy atom. The summed E-state index contributed by atoms with van der Waals surface area (Å²) in [6.07, 6.45) is 2.99. The Bertz CT molecular complexity index is 1030. The zero-order valence-corrected chi connectivity index (χ0v) is 16.4. The van der Waals surface area contributed by atoms with Crippen molar-refractivity contribution < 1.29 is 9.59 Å². The van der Waals surface area contributed by atoms with Crippen molar-refractivity contribution in [3.63, 3.8) is 0 Å². The first kappa shape index (κ1) is 18.2. The molecule has 4 rings (SSSR count). The lowest BCUT2D eigenvalue weighted by molar-refractivity contribution is -0.122. The van der Waals surface area contributed by atoms with Crippen LogP contribution in [0.4, 0.5) is 10.8 Å². The summed E-state index contributed by atoms with van der Waals surface area (Å²) >= 11 is 13.5. The third-order valence-corrected chi connectivity index (χ3v) is 6.11. The number of halogens is 2. The largest absolute Gasteiger partial charge is 0.322 e. The van der Waals surface area contributed by atoms with Crippen molar-refractivity contribution >= 4 is 67.4 Å². The van der Waals surface area contributed by atoms with Gasteiger partial charge in [-0.25, -0.2) is 4.98 Å². The second kappa shape index (κ2) is 7.46. The third-order valence-electron chi connectivity index (χ3n) is 4.54. The fourth-order valence-corrected chi connectivity index (χ4v) is 4.32. The molecule has 0 bridgehead atoms. The molecule has 2 aromatic carbocycles. The summed E-state index contributed by atoms with van der Waals surface area (Å²) < 4.78 is 0.863. The van der Waals surface area contributed by atoms with Gasteiger partial charge in [0.05, 0.1) is 25.8 Å². The molecule has 1 fully saturated rings. The molecule has 138 valence electrons. The number of hydrogen-bond acceptors (Lipinski definition) is 4. The second-order valence-electron chi connectivity index (χ2n) is 6.37. The molecule has 5 nitrogen and oxygen atoms in total. The summed E-state index contributed by atoms with van der Waals surface area (Å²) in [6, 6.07) is 10.3. The number of anilines is 2. The van der Waals surface area contributed by atoms with Crippen LogP contribution in [-0.4, -0.2) is 16.8 Å². The standard InChI is InChI=1S/C19H15Cl2N3O2S/c20-12-5-2-6-13(21)16(12)18(26)22-11-7-8-14-15(9-11)27-19(23-14)24-17(25)10-3-1-4-10/h2,5-10H,1,3-4H2,(H,22,26)(H,23,24,25). The quantitative estimate of drug-likeness (QED) is 0.578. The fourth-order valence-electron chi connectivity index (χ4n) is 2.84. The van der Waals surface area contributed by atoms with Crippen LogP contribution in [0.15, 0.2) is 36.4 Å². The lowest BCUT2D eigenvalue weighted by Crippen LogP contribution is -2.27. The van der Waals surface area contributed by atoms with Crippen LogP contribution < -0.4 is 10.6 Å². The van der Waals surface area contributed by atoms with Gasteiger partial charge in [-0.3, -0.25) is 9.59 Å². The minimum Gasteiger partial charge on any atom is -0.322 e. The zero-order valence-electron chi connectivity index (χ0n) is 14.1. The smallest absolute Gasteiger partial charge is 0.258 e. The van der Waals surface area contributed by atoms with Crippen LogP contribution in [0.5, 0.6) is 0 Å². The van der Waals surface area contributed by atoms with Crippen LogP contribution in [0.3, 0.4) is 0 Å². The van der Waals surface area contributed by atoms with Crippen LogP contribution in [-0.2, 0) is 4.79 Å². The molecule has 3 aromatic rings. The first-order valence-corrected chi connectivity index (χ1v) is 10.1. The molecule has 1 saturated carbocycles. The van der Waals surface area contributed by atoms with Gasteiger partial charge in [0, 0.05) is 11.6 Å². The van der Waals surface area contributed by atoms with E-state index in [0.717, 1.165) is 29.5 Å². The van der Waals surface area contributed by atoms with Crippen molar-refractivity contribution in [2.75, 3.05) is 10.6 Å². The summed E-state index contributed by atoms with van der Waals surface area (Å²) in [4.78, 5) is 29.0. The highest BCUT2D eigenvalue weighted by atomic mass is 35.5. The normalized spacial score (nSPS) is 14.0. The highest BCUT2D eigenvalue weighted by Gasteiger charge is 2.25. The maximum absolute atomic E-state index is 12.5. The summed E-state index contributed by atoms with van der Waals surface area (Å²) in [5.41, 5.74) is 1.60. The van der Waals surface area contributed by atoms with E-state index in [1.54, 1.807) is 30.3 Å². The van der Waals surface area contributed by atoms with Crippen molar-refractivity contribution in [2.24, 2.45) is 5.92 Å². The highest BCUT2D eigenvalue weighted by Crippen LogP contribution is 2.32. The minimum atomic E-state index is -0.382. The average Bonchev–Trinajstić information content (AvgIpc) is 2.94. The van der Waals surface area contributed by atoms with Gasteiger partial charge in [0.1, 0.15) is 0 Å². The summed E-state index contributed by atoms with van der Waals surface area (Å²) in [7, 11) is 0. The number of nitrogens with zero attached hydrogens (tertiary/aromatic N) is 1. The molecule has 1 aliphatic rings. The topological polar surface area (TPSA) is 71.1 Å². The van der Waals surface area contributed by atoms with E-state index in [4.69, 9.17) is 23.2 Å². The molecule has 2 N–H and O–H groups in total. The van der Waals surface area contributed by atoms with Crippen LogP contribution in [0.25, 0.3) is 10.2 Å². The molecule has 2 amide bonds. The Morgan fingerprint density at radius 3 is 2.48 bits per heavy atom. The molecule has 0 atom stereocenters. The SMILES string of the molecule is O=C(Nc1ccc2nc(NC(=O)C3CCC3)sc2c1)c1c(Cl)cccc1Cl. The predicted octanol–water partition coefficient (Wildman–Crippen LogP) is 5.59. The summed E-state index contributed by atoms with van der Waals surface area (Å²) in [6.45, 7) is 0. The molecule has 1 heterocycles. The molecular formula is C19H15Cl2N3O2S. The Kier molecular flexibility index (Phi) is 5.04. The molecule has 8 heteroatoms. The van der Waals surface area contributed by atoms with E-state index in [-0.39, 0.29) is 23.3 Å². The monoisotopic (exact) mass is 419 g/mol. The predicted molar refractivity (Wildman–Crippen MR) is 110 cm³/mol. The lowest BCUT2D eigenvalue weighted by Gasteiger charge is -2.23. The molecule has 0 unspecified atom stereocenters. The molecular weight excluding hydrogens is 405 g/mol. The van der Waals surface area contributed by atoms with E-state index in [9.17, 15) is 9.59 Å². The van der Waals surface area contributed by atoms with Crippen molar-refractivity contribution in [1.29, 1.82) is 0 Å². The lowest BCUT2D eigenvalue weighted by atomic mass is 9.85. The van der Waals surface area contributed by atoms with Gasteiger partial charge in [0.15, 0.2) is 5.13 Å². The summed E-state index contributed by atoms with van der Waals surface area (Å²) in [5.74, 6) is -0.248. The number of aromatic nitrogens is 1. The Hall–Kier alpha value is -2.15. The second-order valence-corrected chi connectivity index (χ2v) is 8.21. The van der Waals surface area contributed by atoms with Crippen molar-refractivity contribution in [2.45, 2.75) is 19.3 Å². The molecule has 1 aromatic heterocycles. The van der Waals surface area contributed by atoms with E-state index in [1.807, 2.05) is 6.07 Å². The van der Waals surface area contributed by atoms with Gasteiger partial charge in [0.25, 0.3) is 5.91 Å². The van der Waals surface area contributed by atoms with Gasteiger partial charge in [-0.1, -0.05) is 47.0 Å². The molecule has 0 spiro atoms. The van der Waals surface area contributed by atoms with E-state index in [1.165, 1.54) is 11.3 Å². The minimum absolute atomic E-state index is 0.0298. The van der Waals surface area contributed by atoms with E-state index in [0.29, 0.717) is 20.9 Å². The Labute approximate surface area is 169 Å². The van der Waals surface area contributed by atoms with Gasteiger partial charge in [-0.2, -0.15) is 0 Å². The maximum Gasteiger partial charge on any atom is 0.258 e. The van der Waals surface area contributed by atoms with Gasteiger partial charge in [-0.15, -0.1) is 0 Å². The van der Waals surface area contributed by atoms with Gasteiger partial charge in [-0.05, 0) is 43.2 Å². The number of fused-ring (bicyclic) bond motifs is 1. The van der Waals surface area contributed by atoms with E-state index in [2.05, 4.69) is 15.6 Å². The highest BCUT2D eigenvalue weighted by molar-refractivity contribution is 7.22. The number of amides is 2. The zero-order chi connectivity index (χ0) is 19.0. The first-order valence-electron chi connectivity index (χ1n) is 8.48. The average molecular weight is 420 g/mol. The fraction of sp³-hybridized carbons (Fsp3) is 0.211. The van der Waals surface area contributed by atoms with E-state index < -0.39 is 0 Å². The molecule has 0 aliphatic heterocycles. The van der Waals surface area contributed by atoms with Crippen LogP contribution in [0.1, 0.15) is 29.6 Å². The first-order chi connectivity index (χ1) is 13.0. The molecule has 0 saturated heterocycles. The van der Waals surface area contributed by atoms with Crippen molar-refractivity contribution in [3.05, 3.63) is 52.0 Å². The number of benzene rings is 2. The molecule has 27 heavy (non-hydrogen) atoms. The number of carbonyl (C=O) groups is 2. The van der Waals surface area contributed by atoms with Gasteiger partial charge >= 0.3 is 0 Å². The van der Waals surface area contributed by atoms with Crippen LogP contribution in [0, 0.1) is 5.92 Å². The number of thiazole rings is 1. The Morgan fingerprint density at radius 1 is 1.07 bits per heavy atom. The molecule has 1 aliphatic carbocycles. The van der Waals surface area contributed by atoms with Crippen molar-refractivity contribution in [1.82, 2.24) is 4.98 Å². The van der Waals surface area contributed by atoms with Gasteiger partial charge < -0.3 is 10.6 Å². The number of hydrogen-bond donors (Lipinski definition) is 2.